The summed E-state index contributed by atoms with van der Waals surface area (Å²) >= 11 is 1.15. The van der Waals surface area contributed by atoms with Gasteiger partial charge in [0.1, 0.15) is 18.1 Å². The third kappa shape index (κ3) is 5.19. The number of aromatic nitrogens is 3. The SMILES string of the molecule is C=CCOC(=O)COc1ccc(C)cc1-c1nsc2ccc(-n3c(=O)cc(C(F)(F)F)n(C)c3=O)cc12. The van der Waals surface area contributed by atoms with Crippen molar-refractivity contribution < 1.29 is 27.4 Å². The Bertz CT molecular complexity index is 1640. The van der Waals surface area contributed by atoms with E-state index >= 15 is 0 Å². The average molecular weight is 532 g/mol. The minimum atomic E-state index is -4.86. The Kier molecular flexibility index (Phi) is 7.03. The van der Waals surface area contributed by atoms with Crippen molar-refractivity contribution >= 4 is 27.6 Å². The van der Waals surface area contributed by atoms with Crippen LogP contribution in [0, 0.1) is 6.92 Å². The molecule has 0 spiro atoms. The minimum Gasteiger partial charge on any atom is -0.481 e. The molecule has 0 amide bonds. The van der Waals surface area contributed by atoms with Crippen molar-refractivity contribution in [2.24, 2.45) is 7.05 Å². The summed E-state index contributed by atoms with van der Waals surface area (Å²) in [4.78, 5) is 37.2. The number of rotatable bonds is 7. The second-order valence-corrected chi connectivity index (χ2v) is 8.82. The van der Waals surface area contributed by atoms with Crippen LogP contribution in [0.4, 0.5) is 13.2 Å². The number of alkyl halides is 3. The zero-order valence-electron chi connectivity index (χ0n) is 19.7. The van der Waals surface area contributed by atoms with Crippen LogP contribution in [0.5, 0.6) is 5.75 Å². The number of halogens is 3. The first-order valence-electron chi connectivity index (χ1n) is 10.8. The second kappa shape index (κ2) is 10.1. The van der Waals surface area contributed by atoms with E-state index in [0.717, 1.165) is 24.1 Å². The van der Waals surface area contributed by atoms with Crippen LogP contribution >= 0.6 is 11.5 Å². The monoisotopic (exact) mass is 531 g/mol. The molecule has 2 heterocycles. The van der Waals surface area contributed by atoms with Gasteiger partial charge in [-0.25, -0.2) is 14.2 Å². The van der Waals surface area contributed by atoms with Gasteiger partial charge >= 0.3 is 17.8 Å². The van der Waals surface area contributed by atoms with Crippen LogP contribution in [-0.4, -0.2) is 32.7 Å². The predicted octanol–water partition coefficient (Wildman–Crippen LogP) is 4.25. The summed E-state index contributed by atoms with van der Waals surface area (Å²) in [6, 6.07) is 10.2. The fraction of sp³-hybridized carbons (Fsp3) is 0.200. The van der Waals surface area contributed by atoms with Gasteiger partial charge in [0.05, 0.1) is 16.1 Å². The van der Waals surface area contributed by atoms with Crippen LogP contribution in [0.1, 0.15) is 11.3 Å². The van der Waals surface area contributed by atoms with Crippen LogP contribution in [0.3, 0.4) is 0 Å². The molecular formula is C25H20F3N3O5S. The molecule has 12 heteroatoms. The highest BCUT2D eigenvalue weighted by atomic mass is 32.1. The lowest BCUT2D eigenvalue weighted by Gasteiger charge is -2.14. The molecule has 37 heavy (non-hydrogen) atoms. The fourth-order valence-electron chi connectivity index (χ4n) is 3.68. The molecule has 192 valence electrons. The molecule has 2 aromatic carbocycles. The first kappa shape index (κ1) is 25.9. The number of hydrogen-bond donors (Lipinski definition) is 0. The summed E-state index contributed by atoms with van der Waals surface area (Å²) in [5.41, 5.74) is -1.63. The van der Waals surface area contributed by atoms with Crippen LogP contribution < -0.4 is 16.0 Å². The number of carbonyl (C=O) groups excluding carboxylic acids is 1. The molecule has 0 atom stereocenters. The molecule has 8 nitrogen and oxygen atoms in total. The molecule has 0 unspecified atom stereocenters. The first-order valence-corrected chi connectivity index (χ1v) is 11.6. The van der Waals surface area contributed by atoms with E-state index in [1.165, 1.54) is 18.2 Å². The Morgan fingerprint density at radius 3 is 2.62 bits per heavy atom. The van der Waals surface area contributed by atoms with Crippen molar-refractivity contribution in [3.63, 3.8) is 0 Å². The standard InChI is InChI=1S/C25H20F3N3O5S/c1-4-9-35-22(33)13-36-18-7-5-14(2)10-16(18)23-17-11-15(6-8-19(17)37-29-23)31-21(32)12-20(25(26,27)28)30(3)24(31)34/h4-8,10-12H,1,9,13H2,2-3H3. The van der Waals surface area contributed by atoms with Gasteiger partial charge in [0, 0.05) is 24.1 Å². The van der Waals surface area contributed by atoms with Crippen molar-refractivity contribution in [3.8, 4) is 22.7 Å². The number of benzene rings is 2. The molecule has 0 saturated carbocycles. The lowest BCUT2D eigenvalue weighted by atomic mass is 10.0. The number of carbonyl (C=O) groups is 1. The normalized spacial score (nSPS) is 11.5. The summed E-state index contributed by atoms with van der Waals surface area (Å²) in [5.74, 6) is -0.240. The van der Waals surface area contributed by atoms with E-state index in [0.29, 0.717) is 42.3 Å². The zero-order chi connectivity index (χ0) is 26.9. The molecule has 0 fully saturated rings. The lowest BCUT2D eigenvalue weighted by Crippen LogP contribution is -2.40. The van der Waals surface area contributed by atoms with E-state index in [1.807, 2.05) is 6.92 Å². The molecule has 0 N–H and O–H groups in total. The summed E-state index contributed by atoms with van der Waals surface area (Å²) in [6.07, 6.45) is -3.43. The molecule has 0 aliphatic heterocycles. The highest BCUT2D eigenvalue weighted by Gasteiger charge is 2.35. The molecule has 4 aromatic rings. The molecule has 0 aliphatic rings. The number of hydrogen-bond acceptors (Lipinski definition) is 7. The van der Waals surface area contributed by atoms with Gasteiger partial charge in [0.25, 0.3) is 5.56 Å². The van der Waals surface area contributed by atoms with Gasteiger partial charge in [0.15, 0.2) is 6.61 Å². The van der Waals surface area contributed by atoms with Crippen LogP contribution in [0.25, 0.3) is 27.0 Å². The quantitative estimate of drug-likeness (QED) is 0.262. The third-order valence-corrected chi connectivity index (χ3v) is 6.25. The van der Waals surface area contributed by atoms with E-state index in [-0.39, 0.29) is 18.9 Å². The lowest BCUT2D eigenvalue weighted by molar-refractivity contribution is -0.145. The van der Waals surface area contributed by atoms with E-state index in [2.05, 4.69) is 11.0 Å². The maximum Gasteiger partial charge on any atom is 0.431 e. The summed E-state index contributed by atoms with van der Waals surface area (Å²) in [5, 5.41) is 0.543. The molecule has 0 radical (unpaired) electrons. The number of aryl methyl sites for hydroxylation is 1. The predicted molar refractivity (Wildman–Crippen MR) is 132 cm³/mol. The topological polar surface area (TPSA) is 92.4 Å². The maximum absolute atomic E-state index is 13.2. The molecule has 0 saturated heterocycles. The second-order valence-electron chi connectivity index (χ2n) is 8.01. The van der Waals surface area contributed by atoms with Gasteiger partial charge in [-0.1, -0.05) is 24.3 Å². The third-order valence-electron chi connectivity index (χ3n) is 5.42. The van der Waals surface area contributed by atoms with Crippen LogP contribution in [0.2, 0.25) is 0 Å². The molecule has 2 aromatic heterocycles. The summed E-state index contributed by atoms with van der Waals surface area (Å²) in [7, 11) is 0.952. The van der Waals surface area contributed by atoms with Gasteiger partial charge < -0.3 is 9.47 Å². The molecule has 0 bridgehead atoms. The number of fused-ring (bicyclic) bond motifs is 1. The van der Waals surface area contributed by atoms with Crippen molar-refractivity contribution in [2.45, 2.75) is 13.1 Å². The summed E-state index contributed by atoms with van der Waals surface area (Å²) in [6.45, 7) is 5.03. The fourth-order valence-corrected chi connectivity index (χ4v) is 4.45. The highest BCUT2D eigenvalue weighted by molar-refractivity contribution is 7.13. The van der Waals surface area contributed by atoms with Crippen molar-refractivity contribution in [2.75, 3.05) is 13.2 Å². The van der Waals surface area contributed by atoms with E-state index < -0.39 is 29.1 Å². The van der Waals surface area contributed by atoms with Gasteiger partial charge in [-0.3, -0.25) is 9.36 Å². The smallest absolute Gasteiger partial charge is 0.431 e. The van der Waals surface area contributed by atoms with Crippen molar-refractivity contribution in [1.82, 2.24) is 13.5 Å². The molecular weight excluding hydrogens is 511 g/mol. The summed E-state index contributed by atoms with van der Waals surface area (Å²) < 4.78 is 56.6. The largest absolute Gasteiger partial charge is 0.481 e. The number of esters is 1. The van der Waals surface area contributed by atoms with Gasteiger partial charge in [0.2, 0.25) is 0 Å². The Labute approximate surface area is 212 Å². The van der Waals surface area contributed by atoms with Gasteiger partial charge in [-0.15, -0.1) is 0 Å². The number of ether oxygens (including phenoxy) is 2. The number of nitrogens with zero attached hydrogens (tertiary/aromatic N) is 3. The Morgan fingerprint density at radius 2 is 1.92 bits per heavy atom. The average Bonchev–Trinajstić information content (AvgIpc) is 3.26. The van der Waals surface area contributed by atoms with E-state index in [9.17, 15) is 27.6 Å². The first-order chi connectivity index (χ1) is 17.5. The van der Waals surface area contributed by atoms with E-state index in [1.54, 1.807) is 24.3 Å². The van der Waals surface area contributed by atoms with Crippen molar-refractivity contribution in [1.29, 1.82) is 0 Å². The zero-order valence-corrected chi connectivity index (χ0v) is 20.5. The molecule has 0 aliphatic carbocycles. The van der Waals surface area contributed by atoms with Gasteiger partial charge in [-0.2, -0.15) is 17.5 Å². The van der Waals surface area contributed by atoms with Gasteiger partial charge in [-0.05, 0) is 48.8 Å². The van der Waals surface area contributed by atoms with E-state index in [4.69, 9.17) is 9.47 Å². The Balaban J connectivity index is 1.81. The van der Waals surface area contributed by atoms with Crippen LogP contribution in [-0.2, 0) is 22.8 Å². The minimum absolute atomic E-state index is 0.0469. The maximum atomic E-state index is 13.2. The molecule has 4 rings (SSSR count). The Morgan fingerprint density at radius 1 is 1.16 bits per heavy atom. The van der Waals surface area contributed by atoms with Crippen molar-refractivity contribution in [3.05, 3.63) is 87.2 Å². The highest BCUT2D eigenvalue weighted by Crippen LogP contribution is 2.37. The van der Waals surface area contributed by atoms with Crippen LogP contribution in [0.15, 0.2) is 64.7 Å². The Hall–Kier alpha value is -4.19.